The summed E-state index contributed by atoms with van der Waals surface area (Å²) >= 11 is 0. The number of hydrogen-bond acceptors (Lipinski definition) is 5. The van der Waals surface area contributed by atoms with Crippen molar-refractivity contribution in [2.75, 3.05) is 6.54 Å². The van der Waals surface area contributed by atoms with Crippen molar-refractivity contribution in [3.05, 3.63) is 70.3 Å². The summed E-state index contributed by atoms with van der Waals surface area (Å²) in [6, 6.07) is 13.1. The molecule has 0 atom stereocenters. The summed E-state index contributed by atoms with van der Waals surface area (Å²) < 4.78 is 26.3. The molecule has 0 heterocycles. The molecule has 0 amide bonds. The average Bonchev–Trinajstić information content (AvgIpc) is 2.53. The molecule has 114 valence electrons. The molecular formula is C14H12N2O5S. The lowest BCUT2D eigenvalue weighted by Gasteiger charge is -2.06. The van der Waals surface area contributed by atoms with E-state index in [4.69, 9.17) is 0 Å². The highest BCUT2D eigenvalue weighted by Crippen LogP contribution is 2.22. The Kier molecular flexibility index (Phi) is 4.64. The first-order chi connectivity index (χ1) is 10.4. The number of ketones is 1. The lowest BCUT2D eigenvalue weighted by molar-refractivity contribution is -0.387. The Morgan fingerprint density at radius 1 is 1.05 bits per heavy atom. The molecule has 0 unspecified atom stereocenters. The second kappa shape index (κ2) is 6.46. The predicted molar refractivity (Wildman–Crippen MR) is 79.1 cm³/mol. The summed E-state index contributed by atoms with van der Waals surface area (Å²) in [5, 5.41) is 10.9. The Hall–Kier alpha value is -2.58. The molecule has 2 aromatic rings. The second-order valence-corrected chi connectivity index (χ2v) is 6.07. The van der Waals surface area contributed by atoms with Crippen LogP contribution in [0, 0.1) is 10.1 Å². The zero-order valence-corrected chi connectivity index (χ0v) is 12.1. The van der Waals surface area contributed by atoms with Gasteiger partial charge in [-0.1, -0.05) is 42.5 Å². The molecule has 22 heavy (non-hydrogen) atoms. The van der Waals surface area contributed by atoms with Gasteiger partial charge in [-0.2, -0.15) is 0 Å². The van der Waals surface area contributed by atoms with Crippen molar-refractivity contribution in [2.45, 2.75) is 4.90 Å². The quantitative estimate of drug-likeness (QED) is 0.496. The Bertz CT molecular complexity index is 803. The number of benzene rings is 2. The summed E-state index contributed by atoms with van der Waals surface area (Å²) in [5.74, 6) is -0.428. The first-order valence-corrected chi connectivity index (χ1v) is 7.71. The highest BCUT2D eigenvalue weighted by atomic mass is 32.2. The molecule has 0 aromatic heterocycles. The van der Waals surface area contributed by atoms with Gasteiger partial charge in [0.15, 0.2) is 10.7 Å². The molecule has 7 nitrogen and oxygen atoms in total. The molecule has 1 N–H and O–H groups in total. The van der Waals surface area contributed by atoms with Gasteiger partial charge in [0, 0.05) is 11.6 Å². The molecule has 0 spiro atoms. The lowest BCUT2D eigenvalue weighted by atomic mass is 10.1. The van der Waals surface area contributed by atoms with Crippen LogP contribution in [-0.4, -0.2) is 25.7 Å². The largest absolute Gasteiger partial charge is 0.293 e. The first-order valence-electron chi connectivity index (χ1n) is 6.23. The average molecular weight is 320 g/mol. The van der Waals surface area contributed by atoms with Gasteiger partial charge in [-0.25, -0.2) is 13.1 Å². The predicted octanol–water partition coefficient (Wildman–Crippen LogP) is 1.76. The van der Waals surface area contributed by atoms with E-state index in [-0.39, 0.29) is 0 Å². The van der Waals surface area contributed by atoms with Gasteiger partial charge in [0.2, 0.25) is 10.0 Å². The Morgan fingerprint density at radius 2 is 1.64 bits per heavy atom. The first kappa shape index (κ1) is 15.8. The SMILES string of the molecule is O=C(CNS(=O)(=O)c1ccccc1[N+](=O)[O-])c1ccccc1. The number of hydrogen-bond donors (Lipinski definition) is 1. The lowest BCUT2D eigenvalue weighted by Crippen LogP contribution is -2.30. The van der Waals surface area contributed by atoms with Crippen molar-refractivity contribution in [1.29, 1.82) is 0 Å². The van der Waals surface area contributed by atoms with Gasteiger partial charge >= 0.3 is 0 Å². The van der Waals surface area contributed by atoms with Gasteiger partial charge in [-0.3, -0.25) is 14.9 Å². The normalized spacial score (nSPS) is 11.1. The van der Waals surface area contributed by atoms with Gasteiger partial charge in [0.05, 0.1) is 11.5 Å². The molecule has 0 saturated carbocycles. The molecule has 8 heteroatoms. The van der Waals surface area contributed by atoms with E-state index in [1.165, 1.54) is 12.1 Å². The van der Waals surface area contributed by atoms with E-state index in [9.17, 15) is 23.3 Å². The zero-order valence-electron chi connectivity index (χ0n) is 11.3. The monoisotopic (exact) mass is 320 g/mol. The van der Waals surface area contributed by atoms with Crippen LogP contribution in [0.15, 0.2) is 59.5 Å². The maximum atomic E-state index is 12.1. The molecule has 0 bridgehead atoms. The van der Waals surface area contributed by atoms with Crippen LogP contribution in [0.2, 0.25) is 0 Å². The summed E-state index contributed by atoms with van der Waals surface area (Å²) in [7, 11) is -4.15. The van der Waals surface area contributed by atoms with Crippen LogP contribution in [0.3, 0.4) is 0 Å². The van der Waals surface area contributed by atoms with Gasteiger partial charge in [-0.15, -0.1) is 0 Å². The molecule has 0 radical (unpaired) electrons. The third-order valence-electron chi connectivity index (χ3n) is 2.87. The molecule has 0 aliphatic heterocycles. The number of Topliss-reactive ketones (excluding diaryl/α,β-unsaturated/α-hetero) is 1. The molecule has 0 saturated heterocycles. The Labute approximate surface area is 126 Å². The van der Waals surface area contributed by atoms with E-state index >= 15 is 0 Å². The van der Waals surface area contributed by atoms with Crippen LogP contribution in [0.1, 0.15) is 10.4 Å². The number of nitrogens with one attached hydrogen (secondary N) is 1. The highest BCUT2D eigenvalue weighted by Gasteiger charge is 2.25. The molecule has 0 aliphatic carbocycles. The molecule has 2 rings (SSSR count). The summed E-state index contributed by atoms with van der Waals surface area (Å²) in [5.41, 5.74) is -0.185. The van der Waals surface area contributed by atoms with E-state index in [0.717, 1.165) is 12.1 Å². The smallest absolute Gasteiger partial charge is 0.289 e. The van der Waals surface area contributed by atoms with Gasteiger partial charge in [-0.05, 0) is 6.07 Å². The van der Waals surface area contributed by atoms with Crippen LogP contribution in [0.5, 0.6) is 0 Å². The third-order valence-corrected chi connectivity index (χ3v) is 4.32. The van der Waals surface area contributed by atoms with E-state index in [0.29, 0.717) is 5.56 Å². The number of nitro groups is 1. The van der Waals surface area contributed by atoms with Crippen molar-refractivity contribution < 1.29 is 18.1 Å². The number of sulfonamides is 1. The Balaban J connectivity index is 2.19. The van der Waals surface area contributed by atoms with Crippen molar-refractivity contribution in [2.24, 2.45) is 0 Å². The number of nitrogens with zero attached hydrogens (tertiary/aromatic N) is 1. The van der Waals surface area contributed by atoms with Crippen molar-refractivity contribution in [3.63, 3.8) is 0 Å². The fraction of sp³-hybridized carbons (Fsp3) is 0.0714. The van der Waals surface area contributed by atoms with Crippen LogP contribution in [0.25, 0.3) is 0 Å². The Morgan fingerprint density at radius 3 is 2.27 bits per heavy atom. The van der Waals surface area contributed by atoms with Gasteiger partial charge in [0.1, 0.15) is 0 Å². The molecule has 0 aliphatic rings. The molecular weight excluding hydrogens is 308 g/mol. The van der Waals surface area contributed by atoms with Crippen LogP contribution >= 0.6 is 0 Å². The minimum atomic E-state index is -4.15. The molecule has 0 fully saturated rings. The van der Waals surface area contributed by atoms with E-state index in [2.05, 4.69) is 4.72 Å². The van der Waals surface area contributed by atoms with E-state index in [1.54, 1.807) is 30.3 Å². The number of carbonyl (C=O) groups excluding carboxylic acids is 1. The van der Waals surface area contributed by atoms with Crippen molar-refractivity contribution in [3.8, 4) is 0 Å². The van der Waals surface area contributed by atoms with Crippen molar-refractivity contribution >= 4 is 21.5 Å². The zero-order chi connectivity index (χ0) is 16.2. The van der Waals surface area contributed by atoms with E-state index in [1.807, 2.05) is 0 Å². The number of nitro benzene ring substituents is 1. The van der Waals surface area contributed by atoms with Crippen LogP contribution < -0.4 is 4.72 Å². The van der Waals surface area contributed by atoms with Crippen LogP contribution in [-0.2, 0) is 10.0 Å². The second-order valence-electron chi connectivity index (χ2n) is 4.34. The number of carbonyl (C=O) groups is 1. The number of para-hydroxylation sites is 1. The number of rotatable bonds is 6. The fourth-order valence-corrected chi connectivity index (χ4v) is 2.95. The standard InChI is InChI=1S/C14H12N2O5S/c17-13(11-6-2-1-3-7-11)10-15-22(20,21)14-9-5-4-8-12(14)16(18)19/h1-9,15H,10H2. The minimum absolute atomic E-state index is 0.354. The van der Waals surface area contributed by atoms with Gasteiger partial charge in [0.25, 0.3) is 5.69 Å². The summed E-state index contributed by atoms with van der Waals surface area (Å²) in [4.78, 5) is 21.5. The highest BCUT2D eigenvalue weighted by molar-refractivity contribution is 7.89. The summed E-state index contributed by atoms with van der Waals surface area (Å²) in [6.07, 6.45) is 0. The maximum Gasteiger partial charge on any atom is 0.289 e. The fourth-order valence-electron chi connectivity index (χ4n) is 1.80. The molecule has 2 aromatic carbocycles. The minimum Gasteiger partial charge on any atom is -0.293 e. The third kappa shape index (κ3) is 3.54. The van der Waals surface area contributed by atoms with E-state index < -0.39 is 37.9 Å². The van der Waals surface area contributed by atoms with Crippen molar-refractivity contribution in [1.82, 2.24) is 4.72 Å². The van der Waals surface area contributed by atoms with Gasteiger partial charge < -0.3 is 0 Å². The summed E-state index contributed by atoms with van der Waals surface area (Å²) in [6.45, 7) is -0.474. The maximum absolute atomic E-state index is 12.1. The topological polar surface area (TPSA) is 106 Å². The van der Waals surface area contributed by atoms with Crippen LogP contribution in [0.4, 0.5) is 5.69 Å².